The van der Waals surface area contributed by atoms with Gasteiger partial charge in [0.05, 0.1) is 33.8 Å². The standard InChI is InChI=1S/C29H24N4/c1-19-15-17-21(18-16-19)33-25-14-8-6-12-23(25)27(31)29(33)28-26(30)22-11-5-7-13-24(22)32(28)20-9-3-2-4-10-20/h2-18H,30-31H2,1H3. The van der Waals surface area contributed by atoms with Gasteiger partial charge < -0.3 is 20.6 Å². The number of anilines is 2. The van der Waals surface area contributed by atoms with Crippen LogP contribution >= 0.6 is 0 Å². The molecule has 0 spiro atoms. The number of aromatic nitrogens is 2. The number of nitrogens with zero attached hydrogens (tertiary/aromatic N) is 2. The van der Waals surface area contributed by atoms with Gasteiger partial charge in [-0.15, -0.1) is 0 Å². The lowest BCUT2D eigenvalue weighted by atomic mass is 10.1. The van der Waals surface area contributed by atoms with Crippen molar-refractivity contribution in [1.29, 1.82) is 0 Å². The third-order valence-electron chi connectivity index (χ3n) is 6.36. The van der Waals surface area contributed by atoms with Crippen molar-refractivity contribution in [2.45, 2.75) is 6.92 Å². The first-order valence-corrected chi connectivity index (χ1v) is 11.1. The van der Waals surface area contributed by atoms with E-state index in [0.717, 1.165) is 55.9 Å². The van der Waals surface area contributed by atoms with Crippen LogP contribution in [0.25, 0.3) is 44.6 Å². The first kappa shape index (κ1) is 19.3. The highest BCUT2D eigenvalue weighted by Gasteiger charge is 2.25. The molecule has 0 saturated carbocycles. The molecule has 4 aromatic carbocycles. The van der Waals surface area contributed by atoms with Gasteiger partial charge in [0, 0.05) is 22.1 Å². The number of nitrogens with two attached hydrogens (primary N) is 2. The largest absolute Gasteiger partial charge is 0.396 e. The highest BCUT2D eigenvalue weighted by molar-refractivity contribution is 6.09. The second kappa shape index (κ2) is 7.31. The molecule has 0 amide bonds. The summed E-state index contributed by atoms with van der Waals surface area (Å²) in [5.74, 6) is 0. The third-order valence-corrected chi connectivity index (χ3v) is 6.36. The van der Waals surface area contributed by atoms with Crippen LogP contribution in [0.5, 0.6) is 0 Å². The Bertz CT molecular complexity index is 1620. The monoisotopic (exact) mass is 428 g/mol. The fourth-order valence-electron chi connectivity index (χ4n) is 4.80. The zero-order valence-electron chi connectivity index (χ0n) is 18.4. The Morgan fingerprint density at radius 2 is 0.909 bits per heavy atom. The Kier molecular flexibility index (Phi) is 4.27. The predicted molar refractivity (Wildman–Crippen MR) is 139 cm³/mol. The molecule has 0 aliphatic rings. The van der Waals surface area contributed by atoms with Crippen molar-refractivity contribution in [1.82, 2.24) is 9.13 Å². The molecule has 4 heteroatoms. The topological polar surface area (TPSA) is 61.9 Å². The van der Waals surface area contributed by atoms with E-state index in [1.165, 1.54) is 5.56 Å². The molecule has 2 heterocycles. The minimum absolute atomic E-state index is 0.720. The summed E-state index contributed by atoms with van der Waals surface area (Å²) in [7, 11) is 0. The van der Waals surface area contributed by atoms with Gasteiger partial charge in [0.15, 0.2) is 0 Å². The highest BCUT2D eigenvalue weighted by Crippen LogP contribution is 2.45. The van der Waals surface area contributed by atoms with Crippen molar-refractivity contribution in [3.63, 3.8) is 0 Å². The first-order valence-electron chi connectivity index (χ1n) is 11.1. The van der Waals surface area contributed by atoms with Gasteiger partial charge in [-0.05, 0) is 43.3 Å². The van der Waals surface area contributed by atoms with E-state index in [0.29, 0.717) is 0 Å². The van der Waals surface area contributed by atoms with Crippen LogP contribution in [-0.2, 0) is 0 Å². The van der Waals surface area contributed by atoms with Gasteiger partial charge in [-0.25, -0.2) is 0 Å². The van der Waals surface area contributed by atoms with Crippen molar-refractivity contribution in [2.24, 2.45) is 0 Å². The number of aryl methyl sites for hydroxylation is 1. The molecule has 6 rings (SSSR count). The molecule has 160 valence electrons. The lowest BCUT2D eigenvalue weighted by molar-refractivity contribution is 1.07. The predicted octanol–water partition coefficient (Wildman–Crippen LogP) is 6.71. The molecule has 4 N–H and O–H groups in total. The zero-order chi connectivity index (χ0) is 22.5. The number of rotatable bonds is 3. The van der Waals surface area contributed by atoms with Crippen molar-refractivity contribution < 1.29 is 0 Å². The summed E-state index contributed by atoms with van der Waals surface area (Å²) in [6.45, 7) is 2.10. The van der Waals surface area contributed by atoms with E-state index in [9.17, 15) is 0 Å². The molecular formula is C29H24N4. The fraction of sp³-hybridized carbons (Fsp3) is 0.0345. The Hall–Kier alpha value is -4.44. The lowest BCUT2D eigenvalue weighted by Gasteiger charge is -2.16. The van der Waals surface area contributed by atoms with Gasteiger partial charge in [-0.2, -0.15) is 0 Å². The maximum atomic E-state index is 6.89. The number of benzene rings is 4. The molecule has 0 saturated heterocycles. The number of nitrogen functional groups attached to an aromatic ring is 2. The highest BCUT2D eigenvalue weighted by atomic mass is 15.1. The Morgan fingerprint density at radius 3 is 1.42 bits per heavy atom. The first-order chi connectivity index (χ1) is 16.1. The summed E-state index contributed by atoms with van der Waals surface area (Å²) >= 11 is 0. The molecule has 33 heavy (non-hydrogen) atoms. The van der Waals surface area contributed by atoms with Gasteiger partial charge in [0.1, 0.15) is 0 Å². The molecule has 2 aromatic heterocycles. The van der Waals surface area contributed by atoms with Gasteiger partial charge >= 0.3 is 0 Å². The van der Waals surface area contributed by atoms with Crippen LogP contribution in [0.1, 0.15) is 5.56 Å². The van der Waals surface area contributed by atoms with Crippen LogP contribution < -0.4 is 11.5 Å². The minimum atomic E-state index is 0.720. The quantitative estimate of drug-likeness (QED) is 0.329. The Balaban J connectivity index is 1.80. The summed E-state index contributed by atoms with van der Waals surface area (Å²) in [4.78, 5) is 0. The van der Waals surface area contributed by atoms with E-state index in [1.807, 2.05) is 42.5 Å². The van der Waals surface area contributed by atoms with E-state index in [2.05, 4.69) is 76.7 Å². The normalized spacial score (nSPS) is 11.4. The molecule has 0 aliphatic carbocycles. The molecule has 0 aliphatic heterocycles. The average Bonchev–Trinajstić information content (AvgIpc) is 3.31. The Morgan fingerprint density at radius 1 is 0.485 bits per heavy atom. The average molecular weight is 429 g/mol. The van der Waals surface area contributed by atoms with E-state index in [-0.39, 0.29) is 0 Å². The maximum absolute atomic E-state index is 6.89. The van der Waals surface area contributed by atoms with E-state index < -0.39 is 0 Å². The van der Waals surface area contributed by atoms with Crippen LogP contribution in [0.2, 0.25) is 0 Å². The number of hydrogen-bond acceptors (Lipinski definition) is 2. The summed E-state index contributed by atoms with van der Waals surface area (Å²) in [6.07, 6.45) is 0. The van der Waals surface area contributed by atoms with Gasteiger partial charge in [-0.3, -0.25) is 0 Å². The van der Waals surface area contributed by atoms with E-state index >= 15 is 0 Å². The second-order valence-electron chi connectivity index (χ2n) is 8.40. The third kappa shape index (κ3) is 2.84. The van der Waals surface area contributed by atoms with Crippen molar-refractivity contribution >= 4 is 33.2 Å². The van der Waals surface area contributed by atoms with Crippen molar-refractivity contribution in [3.8, 4) is 22.8 Å². The lowest BCUT2D eigenvalue weighted by Crippen LogP contribution is -2.05. The summed E-state index contributed by atoms with van der Waals surface area (Å²) in [5, 5.41) is 2.02. The number of fused-ring (bicyclic) bond motifs is 2. The number of hydrogen-bond donors (Lipinski definition) is 2. The van der Waals surface area contributed by atoms with Gasteiger partial charge in [-0.1, -0.05) is 72.3 Å². The Labute approximate surface area is 192 Å². The van der Waals surface area contributed by atoms with Crippen LogP contribution in [-0.4, -0.2) is 9.13 Å². The molecular weight excluding hydrogens is 404 g/mol. The molecule has 6 aromatic rings. The molecule has 0 bridgehead atoms. The second-order valence-corrected chi connectivity index (χ2v) is 8.40. The van der Waals surface area contributed by atoms with Crippen molar-refractivity contribution in [3.05, 3.63) is 109 Å². The van der Waals surface area contributed by atoms with Crippen LogP contribution in [0.15, 0.2) is 103 Å². The maximum Gasteiger partial charge on any atom is 0.0964 e. The van der Waals surface area contributed by atoms with Crippen LogP contribution in [0.4, 0.5) is 11.4 Å². The molecule has 4 nitrogen and oxygen atoms in total. The zero-order valence-corrected chi connectivity index (χ0v) is 18.4. The molecule has 0 atom stereocenters. The van der Waals surface area contributed by atoms with Crippen LogP contribution in [0.3, 0.4) is 0 Å². The van der Waals surface area contributed by atoms with Gasteiger partial charge in [0.25, 0.3) is 0 Å². The minimum Gasteiger partial charge on any atom is -0.396 e. The van der Waals surface area contributed by atoms with Gasteiger partial charge in [0.2, 0.25) is 0 Å². The summed E-state index contributed by atoms with van der Waals surface area (Å²) in [5.41, 5.74) is 22.4. The molecule has 0 fully saturated rings. The summed E-state index contributed by atoms with van der Waals surface area (Å²) in [6, 6.07) is 35.3. The SMILES string of the molecule is Cc1ccc(-n2c(-c3c(N)c4ccccc4n3-c3ccccc3)c(N)c3ccccc32)cc1. The van der Waals surface area contributed by atoms with E-state index in [1.54, 1.807) is 0 Å². The fourth-order valence-corrected chi connectivity index (χ4v) is 4.80. The smallest absolute Gasteiger partial charge is 0.0964 e. The van der Waals surface area contributed by atoms with E-state index in [4.69, 9.17) is 11.5 Å². The van der Waals surface area contributed by atoms with Crippen molar-refractivity contribution in [2.75, 3.05) is 11.5 Å². The van der Waals surface area contributed by atoms with Crippen LogP contribution in [0, 0.1) is 6.92 Å². The molecule has 0 radical (unpaired) electrons. The molecule has 0 unspecified atom stereocenters. The summed E-state index contributed by atoms with van der Waals surface area (Å²) < 4.78 is 4.45. The number of para-hydroxylation sites is 3.